The number of carbonyl (C=O) groups excluding carboxylic acids is 2. The number of aryl methyl sites for hydroxylation is 1. The zero-order valence-electron chi connectivity index (χ0n) is 14.9. The van der Waals surface area contributed by atoms with Crippen LogP contribution in [-0.4, -0.2) is 41.6 Å². The molecule has 0 saturated heterocycles. The van der Waals surface area contributed by atoms with Crippen molar-refractivity contribution in [1.29, 1.82) is 0 Å². The summed E-state index contributed by atoms with van der Waals surface area (Å²) in [4.78, 5) is 34.8. The quantitative estimate of drug-likeness (QED) is 0.310. The number of ether oxygens (including phenoxy) is 2. The number of para-hydroxylation sites is 1. The second-order valence-corrected chi connectivity index (χ2v) is 5.70. The van der Waals surface area contributed by atoms with Crippen molar-refractivity contribution in [3.8, 4) is 0 Å². The van der Waals surface area contributed by atoms with E-state index in [0.29, 0.717) is 18.7 Å². The summed E-state index contributed by atoms with van der Waals surface area (Å²) in [6.45, 7) is 4.31. The minimum atomic E-state index is -0.904. The molecule has 0 radical (unpaired) electrons. The summed E-state index contributed by atoms with van der Waals surface area (Å²) in [5.41, 5.74) is 1.56. The third kappa shape index (κ3) is 4.15. The fraction of sp³-hybridized carbons (Fsp3) is 0.333. The third-order valence-electron chi connectivity index (χ3n) is 4.05. The molecule has 0 bridgehead atoms. The fourth-order valence-corrected chi connectivity index (χ4v) is 2.70. The predicted molar refractivity (Wildman–Crippen MR) is 93.5 cm³/mol. The molecule has 1 aromatic heterocycles. The molecular formula is C18H20N2O6. The van der Waals surface area contributed by atoms with Gasteiger partial charge in [0.1, 0.15) is 5.56 Å². The van der Waals surface area contributed by atoms with Gasteiger partial charge in [-0.15, -0.1) is 0 Å². The van der Waals surface area contributed by atoms with Crippen molar-refractivity contribution < 1.29 is 24.0 Å². The van der Waals surface area contributed by atoms with Crippen LogP contribution in [0, 0.1) is 24.0 Å². The van der Waals surface area contributed by atoms with Crippen LogP contribution >= 0.6 is 0 Å². The number of hydrogen-bond donors (Lipinski definition) is 0. The number of hydrogen-bond acceptors (Lipinski definition) is 6. The Labute approximate surface area is 150 Å². The molecule has 0 atom stereocenters. The van der Waals surface area contributed by atoms with Crippen LogP contribution in [0.25, 0.3) is 0 Å². The van der Waals surface area contributed by atoms with Crippen LogP contribution in [0.2, 0.25) is 0 Å². The molecule has 1 aromatic carbocycles. The molecule has 8 nitrogen and oxygen atoms in total. The van der Waals surface area contributed by atoms with Gasteiger partial charge < -0.3 is 14.0 Å². The van der Waals surface area contributed by atoms with Gasteiger partial charge in [0.2, 0.25) is 5.78 Å². The first kappa shape index (κ1) is 19.3. The fourth-order valence-electron chi connectivity index (χ4n) is 2.70. The lowest BCUT2D eigenvalue weighted by Crippen LogP contribution is -2.16. The normalized spacial score (nSPS) is 10.6. The Hall–Kier alpha value is -3.00. The van der Waals surface area contributed by atoms with Gasteiger partial charge in [-0.05, 0) is 26.0 Å². The SMILES string of the molecule is COCCn1c(C)cc(C(=O)COC(=O)c2ccccc2[N+](=O)[O-])c1C. The van der Waals surface area contributed by atoms with Gasteiger partial charge >= 0.3 is 5.97 Å². The number of esters is 1. The highest BCUT2D eigenvalue weighted by Gasteiger charge is 2.22. The largest absolute Gasteiger partial charge is 0.454 e. The summed E-state index contributed by atoms with van der Waals surface area (Å²) in [5.74, 6) is -1.27. The number of nitro benzene ring substituents is 1. The minimum absolute atomic E-state index is 0.184. The Kier molecular flexibility index (Phi) is 6.24. The zero-order valence-corrected chi connectivity index (χ0v) is 14.9. The highest BCUT2D eigenvalue weighted by Crippen LogP contribution is 2.19. The lowest BCUT2D eigenvalue weighted by atomic mass is 10.1. The summed E-state index contributed by atoms with van der Waals surface area (Å²) in [7, 11) is 1.60. The number of ketones is 1. The first-order valence-electron chi connectivity index (χ1n) is 7.96. The van der Waals surface area contributed by atoms with E-state index in [1.807, 2.05) is 11.5 Å². The van der Waals surface area contributed by atoms with Gasteiger partial charge in [-0.25, -0.2) is 4.79 Å². The van der Waals surface area contributed by atoms with E-state index in [4.69, 9.17) is 9.47 Å². The molecule has 0 unspecified atom stereocenters. The average molecular weight is 360 g/mol. The first-order valence-corrected chi connectivity index (χ1v) is 7.96. The maximum atomic E-state index is 12.4. The minimum Gasteiger partial charge on any atom is -0.454 e. The van der Waals surface area contributed by atoms with Crippen LogP contribution in [-0.2, 0) is 16.0 Å². The second kappa shape index (κ2) is 8.39. The maximum absolute atomic E-state index is 12.4. The standard InChI is InChI=1S/C18H20N2O6/c1-12-10-15(13(2)19(12)8-9-25-3)17(21)11-26-18(22)14-6-4-5-7-16(14)20(23)24/h4-7,10H,8-9,11H2,1-3H3. The number of nitro groups is 1. The number of nitrogens with zero attached hydrogens (tertiary/aromatic N) is 2. The molecule has 1 heterocycles. The summed E-state index contributed by atoms with van der Waals surface area (Å²) in [5, 5.41) is 11.0. The van der Waals surface area contributed by atoms with Gasteiger partial charge in [0.05, 0.1) is 11.5 Å². The molecule has 0 fully saturated rings. The topological polar surface area (TPSA) is 101 Å². The molecule has 2 rings (SSSR count). The number of carbonyl (C=O) groups is 2. The molecule has 0 aliphatic heterocycles. The number of aromatic nitrogens is 1. The van der Waals surface area contributed by atoms with E-state index in [9.17, 15) is 19.7 Å². The molecule has 0 amide bonds. The number of Topliss-reactive ketones (excluding diaryl/α,β-unsaturated/α-hetero) is 1. The Bertz CT molecular complexity index is 840. The van der Waals surface area contributed by atoms with E-state index in [1.165, 1.54) is 24.3 Å². The number of benzene rings is 1. The maximum Gasteiger partial charge on any atom is 0.345 e. The van der Waals surface area contributed by atoms with Crippen molar-refractivity contribution >= 4 is 17.4 Å². The van der Waals surface area contributed by atoms with E-state index >= 15 is 0 Å². The van der Waals surface area contributed by atoms with Crippen LogP contribution in [0.1, 0.15) is 32.1 Å². The lowest BCUT2D eigenvalue weighted by molar-refractivity contribution is -0.385. The Morgan fingerprint density at radius 3 is 2.54 bits per heavy atom. The highest BCUT2D eigenvalue weighted by molar-refractivity contribution is 6.01. The molecule has 8 heteroatoms. The molecule has 0 spiro atoms. The molecule has 0 aliphatic rings. The van der Waals surface area contributed by atoms with Gasteiger partial charge in [-0.1, -0.05) is 12.1 Å². The molecule has 0 N–H and O–H groups in total. The van der Waals surface area contributed by atoms with E-state index in [2.05, 4.69) is 0 Å². The molecule has 138 valence electrons. The van der Waals surface area contributed by atoms with Gasteiger partial charge in [0.25, 0.3) is 5.69 Å². The number of rotatable bonds is 8. The van der Waals surface area contributed by atoms with Crippen molar-refractivity contribution in [1.82, 2.24) is 4.57 Å². The first-order chi connectivity index (χ1) is 12.4. The van der Waals surface area contributed by atoms with Crippen LogP contribution in [0.4, 0.5) is 5.69 Å². The van der Waals surface area contributed by atoms with Gasteiger partial charge in [0, 0.05) is 36.7 Å². The summed E-state index contributed by atoms with van der Waals surface area (Å²) >= 11 is 0. The molecular weight excluding hydrogens is 340 g/mol. The van der Waals surface area contributed by atoms with Crippen molar-refractivity contribution in [3.63, 3.8) is 0 Å². The monoisotopic (exact) mass is 360 g/mol. The number of methoxy groups -OCH3 is 1. The lowest BCUT2D eigenvalue weighted by Gasteiger charge is -2.09. The van der Waals surface area contributed by atoms with Gasteiger partial charge in [-0.3, -0.25) is 14.9 Å². The summed E-state index contributed by atoms with van der Waals surface area (Å²) < 4.78 is 12.0. The van der Waals surface area contributed by atoms with E-state index in [-0.39, 0.29) is 17.0 Å². The summed E-state index contributed by atoms with van der Waals surface area (Å²) in [6.07, 6.45) is 0. The second-order valence-electron chi connectivity index (χ2n) is 5.70. The summed E-state index contributed by atoms with van der Waals surface area (Å²) in [6, 6.07) is 7.18. The van der Waals surface area contributed by atoms with Crippen molar-refractivity contribution in [2.24, 2.45) is 0 Å². The van der Waals surface area contributed by atoms with Crippen molar-refractivity contribution in [2.75, 3.05) is 20.3 Å². The zero-order chi connectivity index (χ0) is 19.3. The van der Waals surface area contributed by atoms with Gasteiger partial charge in [0.15, 0.2) is 6.61 Å². The Morgan fingerprint density at radius 1 is 1.19 bits per heavy atom. The predicted octanol–water partition coefficient (Wildman–Crippen LogP) is 2.70. The molecule has 0 saturated carbocycles. The molecule has 2 aromatic rings. The van der Waals surface area contributed by atoms with Gasteiger partial charge in [-0.2, -0.15) is 0 Å². The van der Waals surface area contributed by atoms with Crippen LogP contribution < -0.4 is 0 Å². The molecule has 0 aliphatic carbocycles. The Balaban J connectivity index is 2.10. The average Bonchev–Trinajstić information content (AvgIpc) is 2.91. The van der Waals surface area contributed by atoms with Crippen LogP contribution in [0.15, 0.2) is 30.3 Å². The van der Waals surface area contributed by atoms with E-state index in [0.717, 1.165) is 11.4 Å². The van der Waals surface area contributed by atoms with E-state index in [1.54, 1.807) is 20.1 Å². The molecule has 26 heavy (non-hydrogen) atoms. The third-order valence-corrected chi connectivity index (χ3v) is 4.05. The smallest absolute Gasteiger partial charge is 0.345 e. The highest BCUT2D eigenvalue weighted by atomic mass is 16.6. The Morgan fingerprint density at radius 2 is 1.88 bits per heavy atom. The van der Waals surface area contributed by atoms with E-state index < -0.39 is 17.5 Å². The van der Waals surface area contributed by atoms with Crippen molar-refractivity contribution in [2.45, 2.75) is 20.4 Å². The van der Waals surface area contributed by atoms with Crippen LogP contribution in [0.3, 0.4) is 0 Å². The van der Waals surface area contributed by atoms with Crippen LogP contribution in [0.5, 0.6) is 0 Å². The van der Waals surface area contributed by atoms with Crippen molar-refractivity contribution in [3.05, 3.63) is 63.0 Å².